The summed E-state index contributed by atoms with van der Waals surface area (Å²) in [4.78, 5) is 36.5. The second kappa shape index (κ2) is 9.50. The van der Waals surface area contributed by atoms with Crippen LogP contribution in [0.15, 0.2) is 42.5 Å². The monoisotopic (exact) mass is 393 g/mol. The van der Waals surface area contributed by atoms with Crippen LogP contribution in [-0.2, 0) is 22.4 Å². The molecule has 0 fully saturated rings. The average molecular weight is 393 g/mol. The number of fused-ring (bicyclic) bond motifs is 1. The normalized spacial score (nSPS) is 12.9. The van der Waals surface area contributed by atoms with Gasteiger partial charge in [0.2, 0.25) is 5.91 Å². The highest BCUT2D eigenvalue weighted by Crippen LogP contribution is 2.23. The maximum atomic E-state index is 12.5. The summed E-state index contributed by atoms with van der Waals surface area (Å²) in [6.07, 6.45) is 4.59. The first-order valence-corrected chi connectivity index (χ1v) is 10.2. The minimum absolute atomic E-state index is 0.0136. The number of anilines is 1. The van der Waals surface area contributed by atoms with E-state index in [1.807, 2.05) is 18.2 Å². The van der Waals surface area contributed by atoms with Crippen molar-refractivity contribution in [3.05, 3.63) is 64.7 Å². The summed E-state index contributed by atoms with van der Waals surface area (Å²) in [6.45, 7) is 3.58. The van der Waals surface area contributed by atoms with Crippen molar-refractivity contribution in [1.82, 2.24) is 0 Å². The summed E-state index contributed by atoms with van der Waals surface area (Å²) in [5.41, 5.74) is 4.30. The molecule has 2 aromatic carbocycles. The molecule has 0 heterocycles. The number of hydrogen-bond donors (Lipinski definition) is 1. The molecule has 0 saturated heterocycles. The van der Waals surface area contributed by atoms with Crippen LogP contribution in [0.1, 0.15) is 71.4 Å². The molecule has 5 nitrogen and oxygen atoms in total. The fraction of sp³-hybridized carbons (Fsp3) is 0.375. The SMILES string of the molecule is CC(C)OC(=O)c1ccc(NC(=O)CCC(=O)c2ccc3c(c2)CCCC3)cc1. The molecule has 29 heavy (non-hydrogen) atoms. The number of carbonyl (C=O) groups excluding carboxylic acids is 3. The number of ketones is 1. The minimum atomic E-state index is -0.395. The topological polar surface area (TPSA) is 72.5 Å². The molecule has 2 aromatic rings. The number of nitrogens with one attached hydrogen (secondary N) is 1. The Morgan fingerprint density at radius 1 is 0.897 bits per heavy atom. The third-order valence-corrected chi connectivity index (χ3v) is 5.00. The average Bonchev–Trinajstić information content (AvgIpc) is 2.71. The maximum Gasteiger partial charge on any atom is 0.338 e. The number of ether oxygens (including phenoxy) is 1. The molecule has 0 aromatic heterocycles. The third-order valence-electron chi connectivity index (χ3n) is 5.00. The van der Waals surface area contributed by atoms with Crippen molar-refractivity contribution in [1.29, 1.82) is 0 Å². The molecule has 1 N–H and O–H groups in total. The molecule has 3 rings (SSSR count). The molecule has 1 aliphatic rings. The van der Waals surface area contributed by atoms with Gasteiger partial charge in [-0.3, -0.25) is 9.59 Å². The number of aryl methyl sites for hydroxylation is 2. The van der Waals surface area contributed by atoms with E-state index in [0.29, 0.717) is 16.8 Å². The highest BCUT2D eigenvalue weighted by Gasteiger charge is 2.14. The summed E-state index contributed by atoms with van der Waals surface area (Å²) in [5, 5.41) is 2.76. The van der Waals surface area contributed by atoms with Gasteiger partial charge in [-0.15, -0.1) is 0 Å². The summed E-state index contributed by atoms with van der Waals surface area (Å²) in [7, 11) is 0. The minimum Gasteiger partial charge on any atom is -0.459 e. The second-order valence-electron chi connectivity index (χ2n) is 7.69. The Balaban J connectivity index is 1.50. The summed E-state index contributed by atoms with van der Waals surface area (Å²) >= 11 is 0. The van der Waals surface area contributed by atoms with Crippen molar-refractivity contribution in [2.24, 2.45) is 0 Å². The number of hydrogen-bond acceptors (Lipinski definition) is 4. The number of benzene rings is 2. The van der Waals surface area contributed by atoms with E-state index in [4.69, 9.17) is 4.74 Å². The molecule has 0 spiro atoms. The zero-order valence-corrected chi connectivity index (χ0v) is 17.0. The number of amides is 1. The van der Waals surface area contributed by atoms with E-state index in [-0.39, 0.29) is 30.6 Å². The lowest BCUT2D eigenvalue weighted by atomic mass is 9.89. The zero-order valence-electron chi connectivity index (χ0n) is 17.0. The van der Waals surface area contributed by atoms with Crippen LogP contribution in [0.2, 0.25) is 0 Å². The van der Waals surface area contributed by atoms with Gasteiger partial charge < -0.3 is 10.1 Å². The predicted octanol–water partition coefficient (Wildman–Crippen LogP) is 4.73. The number of esters is 1. The van der Waals surface area contributed by atoms with E-state index in [0.717, 1.165) is 12.8 Å². The lowest BCUT2D eigenvalue weighted by molar-refractivity contribution is -0.116. The molecule has 152 valence electrons. The smallest absolute Gasteiger partial charge is 0.338 e. The Bertz CT molecular complexity index is 900. The first-order chi connectivity index (χ1) is 13.9. The molecular weight excluding hydrogens is 366 g/mol. The van der Waals surface area contributed by atoms with E-state index in [1.54, 1.807) is 38.1 Å². The highest BCUT2D eigenvalue weighted by molar-refractivity contribution is 6.00. The number of Topliss-reactive ketones (excluding diaryl/α,β-unsaturated/α-hetero) is 1. The molecule has 0 saturated carbocycles. The van der Waals surface area contributed by atoms with Gasteiger partial charge in [0.1, 0.15) is 0 Å². The molecule has 1 amide bonds. The van der Waals surface area contributed by atoms with Crippen molar-refractivity contribution in [3.63, 3.8) is 0 Å². The van der Waals surface area contributed by atoms with Crippen LogP contribution in [0.4, 0.5) is 5.69 Å². The van der Waals surface area contributed by atoms with Gasteiger partial charge in [-0.1, -0.05) is 12.1 Å². The van der Waals surface area contributed by atoms with Crippen LogP contribution in [-0.4, -0.2) is 23.8 Å². The van der Waals surface area contributed by atoms with Gasteiger partial charge in [0.25, 0.3) is 0 Å². The molecule has 0 unspecified atom stereocenters. The lowest BCUT2D eigenvalue weighted by Gasteiger charge is -2.16. The van der Waals surface area contributed by atoms with Crippen molar-refractivity contribution < 1.29 is 19.1 Å². The maximum absolute atomic E-state index is 12.5. The summed E-state index contributed by atoms with van der Waals surface area (Å²) < 4.78 is 5.14. The molecule has 0 aliphatic heterocycles. The Kier molecular flexibility index (Phi) is 6.81. The van der Waals surface area contributed by atoms with Gasteiger partial charge in [0.05, 0.1) is 11.7 Å². The Morgan fingerprint density at radius 2 is 1.55 bits per heavy atom. The zero-order chi connectivity index (χ0) is 20.8. The van der Waals surface area contributed by atoms with E-state index in [1.165, 1.54) is 24.0 Å². The molecule has 1 aliphatic carbocycles. The van der Waals surface area contributed by atoms with E-state index in [9.17, 15) is 14.4 Å². The molecule has 0 radical (unpaired) electrons. The largest absolute Gasteiger partial charge is 0.459 e. The first kappa shape index (κ1) is 20.8. The van der Waals surface area contributed by atoms with Crippen molar-refractivity contribution in [2.75, 3.05) is 5.32 Å². The van der Waals surface area contributed by atoms with Gasteiger partial charge in [0, 0.05) is 24.1 Å². The van der Waals surface area contributed by atoms with Crippen molar-refractivity contribution in [3.8, 4) is 0 Å². The van der Waals surface area contributed by atoms with Crippen LogP contribution in [0.25, 0.3) is 0 Å². The molecule has 5 heteroatoms. The molecule has 0 bridgehead atoms. The van der Waals surface area contributed by atoms with Crippen LogP contribution in [0, 0.1) is 0 Å². The standard InChI is InChI=1S/C24H27NO4/c1-16(2)29-24(28)18-9-11-21(12-10-18)25-23(27)14-13-22(26)20-8-7-17-5-3-4-6-19(17)15-20/h7-12,15-16H,3-6,13-14H2,1-2H3,(H,25,27). The third kappa shape index (κ3) is 5.76. The fourth-order valence-corrected chi connectivity index (χ4v) is 3.47. The van der Waals surface area contributed by atoms with E-state index >= 15 is 0 Å². The van der Waals surface area contributed by atoms with Crippen LogP contribution >= 0.6 is 0 Å². The highest BCUT2D eigenvalue weighted by atomic mass is 16.5. The van der Waals surface area contributed by atoms with Crippen LogP contribution in [0.3, 0.4) is 0 Å². The lowest BCUT2D eigenvalue weighted by Crippen LogP contribution is -2.14. The Hall–Kier alpha value is -2.95. The van der Waals surface area contributed by atoms with Crippen LogP contribution in [0.5, 0.6) is 0 Å². The summed E-state index contributed by atoms with van der Waals surface area (Å²) in [5.74, 6) is -0.636. The second-order valence-corrected chi connectivity index (χ2v) is 7.69. The van der Waals surface area contributed by atoms with E-state index in [2.05, 4.69) is 5.32 Å². The quantitative estimate of drug-likeness (QED) is 0.545. The Labute approximate surface area is 171 Å². The van der Waals surface area contributed by atoms with Gasteiger partial charge in [-0.2, -0.15) is 0 Å². The van der Waals surface area contributed by atoms with E-state index < -0.39 is 5.97 Å². The molecular formula is C24H27NO4. The predicted molar refractivity (Wildman–Crippen MR) is 112 cm³/mol. The summed E-state index contributed by atoms with van der Waals surface area (Å²) in [6, 6.07) is 12.4. The molecule has 0 atom stereocenters. The van der Waals surface area contributed by atoms with Crippen LogP contribution < -0.4 is 5.32 Å². The first-order valence-electron chi connectivity index (χ1n) is 10.2. The Morgan fingerprint density at radius 3 is 2.24 bits per heavy atom. The number of carbonyl (C=O) groups is 3. The van der Waals surface area contributed by atoms with Gasteiger partial charge >= 0.3 is 5.97 Å². The van der Waals surface area contributed by atoms with Crippen molar-refractivity contribution in [2.45, 2.75) is 58.5 Å². The van der Waals surface area contributed by atoms with Gasteiger partial charge in [-0.05, 0) is 81.0 Å². The number of rotatable bonds is 7. The van der Waals surface area contributed by atoms with Gasteiger partial charge in [-0.25, -0.2) is 4.79 Å². The van der Waals surface area contributed by atoms with Crippen molar-refractivity contribution >= 4 is 23.3 Å². The fourth-order valence-electron chi connectivity index (χ4n) is 3.47. The van der Waals surface area contributed by atoms with Gasteiger partial charge in [0.15, 0.2) is 5.78 Å².